The molecule has 10 rings (SSSR count). The summed E-state index contributed by atoms with van der Waals surface area (Å²) in [6.07, 6.45) is 25.2. The van der Waals surface area contributed by atoms with Crippen molar-refractivity contribution < 1.29 is 9.47 Å². The van der Waals surface area contributed by atoms with Crippen molar-refractivity contribution in [3.63, 3.8) is 0 Å². The molecular formula is C40H64N2O2. The van der Waals surface area contributed by atoms with Crippen molar-refractivity contribution in [3.8, 4) is 0 Å². The summed E-state index contributed by atoms with van der Waals surface area (Å²) >= 11 is 0. The zero-order valence-electron chi connectivity index (χ0n) is 28.6. The average molecular weight is 605 g/mol. The van der Waals surface area contributed by atoms with Crippen LogP contribution in [0.3, 0.4) is 0 Å². The largest absolute Gasteiger partial charge is 0.372 e. The van der Waals surface area contributed by atoms with Gasteiger partial charge in [-0.1, -0.05) is 27.7 Å². The fraction of sp³-hybridized carbons (Fsp3) is 1.00. The minimum absolute atomic E-state index is 0.524. The lowest BCUT2D eigenvalue weighted by Gasteiger charge is -2.55. The maximum Gasteiger partial charge on any atom is 0.0740 e. The molecule has 4 heterocycles. The smallest absolute Gasteiger partial charge is 0.0740 e. The van der Waals surface area contributed by atoms with Crippen molar-refractivity contribution in [2.75, 3.05) is 0 Å². The Morgan fingerprint density at radius 2 is 0.773 bits per heavy atom. The Hall–Kier alpha value is -0.160. The normalized spacial score (nSPS) is 61.6. The van der Waals surface area contributed by atoms with E-state index in [9.17, 15) is 0 Å². The Labute approximate surface area is 269 Å². The third-order valence-electron chi connectivity index (χ3n) is 16.8. The molecule has 44 heavy (non-hydrogen) atoms. The van der Waals surface area contributed by atoms with Gasteiger partial charge in [-0.05, 0) is 162 Å². The standard InChI is InChI=1S/C40H64N2O2/c1-21-5-9-33-35(15-21)43-37-17-23(3)13-29-27-19-25(7-11-31(27)41(33)39(29)37)26-8-12-32-28(20-26)30-14-24(4)18-38-40(30)42(32)34-10-6-22(2)16-36(34)44-38/h21-40H,5-20H2,1-4H3. The number of nitrogens with zero attached hydrogens (tertiary/aromatic N) is 2. The Balaban J connectivity index is 0.893. The second-order valence-electron chi connectivity index (χ2n) is 19.4. The van der Waals surface area contributed by atoms with E-state index in [4.69, 9.17) is 9.47 Å². The van der Waals surface area contributed by atoms with Crippen LogP contribution in [0.15, 0.2) is 0 Å². The highest BCUT2D eigenvalue weighted by Gasteiger charge is 2.64. The first-order valence-corrected chi connectivity index (χ1v) is 20.3. The zero-order chi connectivity index (χ0) is 29.4. The Bertz CT molecular complexity index is 1010. The molecule has 20 unspecified atom stereocenters. The quantitative estimate of drug-likeness (QED) is 0.304. The molecular weight excluding hydrogens is 540 g/mol. The first-order valence-electron chi connectivity index (χ1n) is 20.3. The van der Waals surface area contributed by atoms with Crippen LogP contribution in [-0.4, -0.2) is 70.5 Å². The summed E-state index contributed by atoms with van der Waals surface area (Å²) in [5, 5.41) is 0. The van der Waals surface area contributed by atoms with E-state index in [2.05, 4.69) is 37.5 Å². The summed E-state index contributed by atoms with van der Waals surface area (Å²) in [7, 11) is 0. The molecule has 0 aromatic carbocycles. The van der Waals surface area contributed by atoms with Gasteiger partial charge in [-0.15, -0.1) is 0 Å². The summed E-state index contributed by atoms with van der Waals surface area (Å²) < 4.78 is 14.2. The van der Waals surface area contributed by atoms with Crippen LogP contribution in [0.1, 0.15) is 130 Å². The Morgan fingerprint density at radius 1 is 0.364 bits per heavy atom. The lowest BCUT2D eigenvalue weighted by Crippen LogP contribution is -2.64. The van der Waals surface area contributed by atoms with Crippen LogP contribution in [0, 0.1) is 59.2 Å². The lowest BCUT2D eigenvalue weighted by atomic mass is 9.61. The average Bonchev–Trinajstić information content (AvgIpc) is 3.50. The van der Waals surface area contributed by atoms with Gasteiger partial charge in [0.2, 0.25) is 0 Å². The predicted molar refractivity (Wildman–Crippen MR) is 175 cm³/mol. The van der Waals surface area contributed by atoms with E-state index in [0.29, 0.717) is 24.4 Å². The molecule has 0 aromatic rings. The molecule has 6 aliphatic carbocycles. The van der Waals surface area contributed by atoms with Gasteiger partial charge in [0, 0.05) is 36.3 Å². The van der Waals surface area contributed by atoms with Crippen molar-refractivity contribution in [3.05, 3.63) is 0 Å². The van der Waals surface area contributed by atoms with Crippen LogP contribution >= 0.6 is 0 Å². The second kappa shape index (κ2) is 10.7. The van der Waals surface area contributed by atoms with Gasteiger partial charge in [-0.3, -0.25) is 9.80 Å². The monoisotopic (exact) mass is 604 g/mol. The molecule has 0 N–H and O–H groups in total. The van der Waals surface area contributed by atoms with Crippen molar-refractivity contribution >= 4 is 0 Å². The number of hydrogen-bond acceptors (Lipinski definition) is 4. The van der Waals surface area contributed by atoms with Crippen LogP contribution in [0.25, 0.3) is 0 Å². The molecule has 0 spiro atoms. The molecule has 4 saturated heterocycles. The molecule has 4 nitrogen and oxygen atoms in total. The van der Waals surface area contributed by atoms with E-state index in [1.807, 2.05) is 0 Å². The van der Waals surface area contributed by atoms with Crippen molar-refractivity contribution in [2.24, 2.45) is 59.2 Å². The van der Waals surface area contributed by atoms with Gasteiger partial charge in [-0.2, -0.15) is 0 Å². The van der Waals surface area contributed by atoms with E-state index < -0.39 is 0 Å². The van der Waals surface area contributed by atoms with Gasteiger partial charge in [0.15, 0.2) is 0 Å². The summed E-state index contributed by atoms with van der Waals surface area (Å²) in [4.78, 5) is 6.39. The summed E-state index contributed by atoms with van der Waals surface area (Å²) in [6, 6.07) is 4.72. The van der Waals surface area contributed by atoms with E-state index >= 15 is 0 Å². The third-order valence-corrected chi connectivity index (χ3v) is 16.8. The minimum atomic E-state index is 0.524. The molecule has 0 bridgehead atoms. The fourth-order valence-electron chi connectivity index (χ4n) is 15.4. The Morgan fingerprint density at radius 3 is 1.23 bits per heavy atom. The van der Waals surface area contributed by atoms with Gasteiger partial charge in [0.25, 0.3) is 0 Å². The summed E-state index contributed by atoms with van der Waals surface area (Å²) in [6.45, 7) is 10.1. The van der Waals surface area contributed by atoms with Gasteiger partial charge >= 0.3 is 0 Å². The highest BCUT2D eigenvalue weighted by atomic mass is 16.5. The highest BCUT2D eigenvalue weighted by molar-refractivity contribution is 5.16. The summed E-state index contributed by atoms with van der Waals surface area (Å²) in [5.41, 5.74) is 0. The number of fused-ring (bicyclic) bond motifs is 10. The maximum atomic E-state index is 7.09. The molecule has 0 aromatic heterocycles. The number of ether oxygens (including phenoxy) is 2. The Kier molecular flexibility index (Phi) is 6.99. The molecule has 6 saturated carbocycles. The van der Waals surface area contributed by atoms with E-state index in [0.717, 1.165) is 95.4 Å². The SMILES string of the molecule is CC1CCC2C(C1)OC1CC(C)CC3C4CC(C5CCC6C(C5)C5CC(C)CC7OC8CC(C)CCC8N6C75)CCC4N2C13. The van der Waals surface area contributed by atoms with Crippen LogP contribution in [0.4, 0.5) is 0 Å². The second-order valence-corrected chi connectivity index (χ2v) is 19.4. The van der Waals surface area contributed by atoms with Crippen LogP contribution in [0.5, 0.6) is 0 Å². The molecule has 0 radical (unpaired) electrons. The highest BCUT2D eigenvalue weighted by Crippen LogP contribution is 2.61. The third kappa shape index (κ3) is 4.27. The van der Waals surface area contributed by atoms with Crippen molar-refractivity contribution in [1.82, 2.24) is 9.80 Å². The van der Waals surface area contributed by atoms with Gasteiger partial charge in [0.1, 0.15) is 0 Å². The lowest BCUT2D eigenvalue weighted by molar-refractivity contribution is -0.187. The van der Waals surface area contributed by atoms with E-state index in [1.165, 1.54) is 89.9 Å². The fourth-order valence-corrected chi connectivity index (χ4v) is 15.4. The van der Waals surface area contributed by atoms with E-state index in [-0.39, 0.29) is 0 Å². The van der Waals surface area contributed by atoms with Crippen LogP contribution in [-0.2, 0) is 9.47 Å². The van der Waals surface area contributed by atoms with Crippen LogP contribution < -0.4 is 0 Å². The number of morpholine rings is 2. The van der Waals surface area contributed by atoms with E-state index in [1.54, 1.807) is 12.8 Å². The molecule has 10 aliphatic rings. The summed E-state index contributed by atoms with van der Waals surface area (Å²) in [5.74, 6) is 9.12. The maximum absolute atomic E-state index is 7.09. The zero-order valence-corrected chi connectivity index (χ0v) is 28.6. The number of hydrogen-bond donors (Lipinski definition) is 0. The van der Waals surface area contributed by atoms with Crippen molar-refractivity contribution in [1.29, 1.82) is 0 Å². The first-order chi connectivity index (χ1) is 21.4. The molecule has 20 atom stereocenters. The van der Waals surface area contributed by atoms with Gasteiger partial charge in [0.05, 0.1) is 24.4 Å². The molecule has 10 fully saturated rings. The molecule has 4 aliphatic heterocycles. The predicted octanol–water partition coefficient (Wildman–Crippen LogP) is 7.93. The first kappa shape index (κ1) is 28.8. The number of rotatable bonds is 1. The molecule has 4 heteroatoms. The van der Waals surface area contributed by atoms with Gasteiger partial charge < -0.3 is 9.47 Å². The molecule has 0 amide bonds. The van der Waals surface area contributed by atoms with Crippen molar-refractivity contribution in [2.45, 2.75) is 191 Å². The molecule has 246 valence electrons. The van der Waals surface area contributed by atoms with Gasteiger partial charge in [-0.25, -0.2) is 0 Å². The minimum Gasteiger partial charge on any atom is -0.372 e. The topological polar surface area (TPSA) is 24.9 Å². The van der Waals surface area contributed by atoms with Crippen LogP contribution in [0.2, 0.25) is 0 Å².